The molecule has 130 valence electrons. The van der Waals surface area contributed by atoms with Crippen molar-refractivity contribution in [2.75, 3.05) is 45.5 Å². The summed E-state index contributed by atoms with van der Waals surface area (Å²) in [5.74, 6) is 1.03. The summed E-state index contributed by atoms with van der Waals surface area (Å²) in [6.45, 7) is 6.50. The summed E-state index contributed by atoms with van der Waals surface area (Å²) in [4.78, 5) is 9.32. The number of likely N-dealkylation sites (N-methyl/N-ethyl adjacent to an activating group) is 1. The normalized spacial score (nSPS) is 17.0. The molecule has 0 spiro atoms. The van der Waals surface area contributed by atoms with E-state index >= 15 is 0 Å². The number of halogens is 2. The van der Waals surface area contributed by atoms with Crippen LogP contribution < -0.4 is 5.73 Å². The fourth-order valence-electron chi connectivity index (χ4n) is 2.34. The quantitative estimate of drug-likeness (QED) is 0.470. The van der Waals surface area contributed by atoms with E-state index in [-0.39, 0.29) is 12.4 Å². The zero-order valence-electron chi connectivity index (χ0n) is 13.6. The Morgan fingerprint density at radius 1 is 1.22 bits per heavy atom. The van der Waals surface area contributed by atoms with Crippen LogP contribution in [0, 0.1) is 0 Å². The molecular weight excluding hydrogens is 351 g/mol. The van der Waals surface area contributed by atoms with Crippen molar-refractivity contribution in [3.05, 3.63) is 34.9 Å². The van der Waals surface area contributed by atoms with Crippen molar-refractivity contribution >= 4 is 40.9 Å². The summed E-state index contributed by atoms with van der Waals surface area (Å²) in [5, 5.41) is 1.42. The molecule has 0 atom stereocenters. The first kappa shape index (κ1) is 20.6. The van der Waals surface area contributed by atoms with Crippen molar-refractivity contribution < 1.29 is 0 Å². The fraction of sp³-hybridized carbons (Fsp3) is 0.562. The predicted molar refractivity (Wildman–Crippen MR) is 105 cm³/mol. The highest BCUT2D eigenvalue weighted by Gasteiger charge is 2.12. The highest BCUT2D eigenvalue weighted by atomic mass is 35.5. The van der Waals surface area contributed by atoms with E-state index in [1.807, 2.05) is 24.3 Å². The molecule has 0 radical (unpaired) electrons. The molecule has 1 aromatic rings. The van der Waals surface area contributed by atoms with Gasteiger partial charge in [0.15, 0.2) is 5.17 Å². The highest BCUT2D eigenvalue weighted by molar-refractivity contribution is 8.13. The second-order valence-corrected chi connectivity index (χ2v) is 7.18. The Morgan fingerprint density at radius 3 is 2.52 bits per heavy atom. The maximum Gasteiger partial charge on any atom is 0.154 e. The number of rotatable bonds is 6. The number of nitrogens with zero attached hydrogens (tertiary/aromatic N) is 3. The number of nitrogens with two attached hydrogens (primary N) is 1. The Labute approximate surface area is 154 Å². The first-order valence-electron chi connectivity index (χ1n) is 7.71. The lowest BCUT2D eigenvalue weighted by atomic mass is 10.2. The van der Waals surface area contributed by atoms with Gasteiger partial charge < -0.3 is 15.5 Å². The average molecular weight is 377 g/mol. The van der Waals surface area contributed by atoms with E-state index in [2.05, 4.69) is 21.8 Å². The molecule has 7 heteroatoms. The van der Waals surface area contributed by atoms with Gasteiger partial charge in [0, 0.05) is 37.0 Å². The molecular formula is C16H26Cl2N4S. The Hall–Kier alpha value is -0.460. The Balaban J connectivity index is 0.00000264. The van der Waals surface area contributed by atoms with Crippen molar-refractivity contribution in [1.82, 2.24) is 9.80 Å². The largest absolute Gasteiger partial charge is 0.379 e. The Kier molecular flexibility index (Phi) is 9.99. The fourth-order valence-corrected chi connectivity index (χ4v) is 3.11. The van der Waals surface area contributed by atoms with Gasteiger partial charge in [-0.05, 0) is 37.7 Å². The highest BCUT2D eigenvalue weighted by Crippen LogP contribution is 2.11. The molecule has 4 nitrogen and oxygen atoms in total. The van der Waals surface area contributed by atoms with Crippen LogP contribution in [0.5, 0.6) is 0 Å². The van der Waals surface area contributed by atoms with Crippen LogP contribution in [-0.4, -0.2) is 60.5 Å². The van der Waals surface area contributed by atoms with Crippen LogP contribution in [0.15, 0.2) is 29.3 Å². The number of hydrogen-bond donors (Lipinski definition) is 1. The molecule has 0 unspecified atom stereocenters. The number of amidine groups is 1. The summed E-state index contributed by atoms with van der Waals surface area (Å²) in [6, 6.07) is 7.73. The summed E-state index contributed by atoms with van der Waals surface area (Å²) in [6.07, 6.45) is 1.16. The van der Waals surface area contributed by atoms with Crippen molar-refractivity contribution in [3.63, 3.8) is 0 Å². The molecule has 2 N–H and O–H groups in total. The van der Waals surface area contributed by atoms with Gasteiger partial charge in [-0.2, -0.15) is 0 Å². The molecule has 1 saturated heterocycles. The first-order valence-corrected chi connectivity index (χ1v) is 9.08. The van der Waals surface area contributed by atoms with E-state index in [4.69, 9.17) is 17.3 Å². The molecule has 1 aliphatic rings. The maximum atomic E-state index is 5.96. The van der Waals surface area contributed by atoms with Gasteiger partial charge in [0.1, 0.15) is 0 Å². The molecule has 2 rings (SSSR count). The second-order valence-electron chi connectivity index (χ2n) is 5.63. The number of hydrogen-bond acceptors (Lipinski definition) is 4. The number of benzene rings is 1. The SMILES string of the molecule is CN1CCN(CCCSC(N)=NCc2ccc(Cl)cc2)CC1.Cl. The molecule has 1 aromatic carbocycles. The van der Waals surface area contributed by atoms with Gasteiger partial charge in [0.25, 0.3) is 0 Å². The van der Waals surface area contributed by atoms with Gasteiger partial charge in [-0.25, -0.2) is 0 Å². The maximum absolute atomic E-state index is 5.96. The molecule has 23 heavy (non-hydrogen) atoms. The molecule has 1 aliphatic heterocycles. The Morgan fingerprint density at radius 2 is 1.87 bits per heavy atom. The minimum atomic E-state index is 0. The van der Waals surface area contributed by atoms with Crippen LogP contribution in [0.4, 0.5) is 0 Å². The second kappa shape index (κ2) is 11.2. The van der Waals surface area contributed by atoms with E-state index in [1.54, 1.807) is 11.8 Å². The lowest BCUT2D eigenvalue weighted by Crippen LogP contribution is -2.44. The molecule has 1 fully saturated rings. The predicted octanol–water partition coefficient (Wildman–Crippen LogP) is 2.95. The van der Waals surface area contributed by atoms with Gasteiger partial charge in [0.05, 0.1) is 6.54 Å². The molecule has 1 heterocycles. The number of piperazine rings is 1. The monoisotopic (exact) mass is 376 g/mol. The van der Waals surface area contributed by atoms with Crippen molar-refractivity contribution in [3.8, 4) is 0 Å². The van der Waals surface area contributed by atoms with Gasteiger partial charge in [-0.3, -0.25) is 4.99 Å². The van der Waals surface area contributed by atoms with Crippen LogP contribution in [-0.2, 0) is 6.54 Å². The summed E-state index contributed by atoms with van der Waals surface area (Å²) >= 11 is 7.51. The standard InChI is InChI=1S/C16H25ClN4S.ClH/c1-20-8-10-21(11-9-20)7-2-12-22-16(18)19-13-14-3-5-15(17)6-4-14;/h3-6H,2,7-13H2,1H3,(H2,18,19);1H. The molecule has 0 bridgehead atoms. The van der Waals surface area contributed by atoms with Crippen LogP contribution in [0.2, 0.25) is 5.02 Å². The van der Waals surface area contributed by atoms with Crippen molar-refractivity contribution in [2.45, 2.75) is 13.0 Å². The smallest absolute Gasteiger partial charge is 0.154 e. The van der Waals surface area contributed by atoms with Gasteiger partial charge >= 0.3 is 0 Å². The topological polar surface area (TPSA) is 44.9 Å². The summed E-state index contributed by atoms with van der Waals surface area (Å²) in [7, 11) is 2.19. The van der Waals surface area contributed by atoms with Gasteiger partial charge in [-0.15, -0.1) is 12.4 Å². The third-order valence-corrected chi connectivity index (χ3v) is 4.96. The van der Waals surface area contributed by atoms with E-state index < -0.39 is 0 Å². The van der Waals surface area contributed by atoms with E-state index in [0.717, 1.165) is 29.3 Å². The molecule has 0 amide bonds. The molecule has 0 aromatic heterocycles. The first-order chi connectivity index (χ1) is 10.6. The zero-order valence-corrected chi connectivity index (χ0v) is 16.0. The van der Waals surface area contributed by atoms with Crippen molar-refractivity contribution in [1.29, 1.82) is 0 Å². The summed E-state index contributed by atoms with van der Waals surface area (Å²) < 4.78 is 0. The van der Waals surface area contributed by atoms with E-state index in [0.29, 0.717) is 11.7 Å². The third-order valence-electron chi connectivity index (χ3n) is 3.80. The lowest BCUT2D eigenvalue weighted by Gasteiger charge is -2.32. The minimum Gasteiger partial charge on any atom is -0.379 e. The van der Waals surface area contributed by atoms with Crippen molar-refractivity contribution in [2.24, 2.45) is 10.7 Å². The van der Waals surface area contributed by atoms with Crippen LogP contribution in [0.3, 0.4) is 0 Å². The Bertz CT molecular complexity index is 473. The molecule has 0 aliphatic carbocycles. The zero-order chi connectivity index (χ0) is 15.8. The van der Waals surface area contributed by atoms with E-state index in [9.17, 15) is 0 Å². The number of thioether (sulfide) groups is 1. The van der Waals surface area contributed by atoms with Gasteiger partial charge in [-0.1, -0.05) is 35.5 Å². The van der Waals surface area contributed by atoms with Crippen LogP contribution in [0.25, 0.3) is 0 Å². The third kappa shape index (κ3) is 8.27. The lowest BCUT2D eigenvalue weighted by molar-refractivity contribution is 0.154. The summed E-state index contributed by atoms with van der Waals surface area (Å²) in [5.41, 5.74) is 7.09. The minimum absolute atomic E-state index is 0. The average Bonchev–Trinajstić information content (AvgIpc) is 2.53. The van der Waals surface area contributed by atoms with Gasteiger partial charge in [0.2, 0.25) is 0 Å². The van der Waals surface area contributed by atoms with E-state index in [1.165, 1.54) is 26.2 Å². The van der Waals surface area contributed by atoms with Crippen LogP contribution >= 0.6 is 35.8 Å². The van der Waals surface area contributed by atoms with Crippen LogP contribution in [0.1, 0.15) is 12.0 Å². The number of aliphatic imine (C=N–C) groups is 1. The molecule has 0 saturated carbocycles.